The summed E-state index contributed by atoms with van der Waals surface area (Å²) < 4.78 is 25.3. The van der Waals surface area contributed by atoms with Crippen LogP contribution in [0.5, 0.6) is 17.2 Å². The summed E-state index contributed by atoms with van der Waals surface area (Å²) in [4.78, 5) is 12.4. The van der Waals surface area contributed by atoms with E-state index < -0.39 is 5.91 Å². The van der Waals surface area contributed by atoms with Crippen LogP contribution in [0.4, 0.5) is 0 Å². The lowest BCUT2D eigenvalue weighted by Gasteiger charge is -2.11. The standard InChI is InChI=1S/C28H28BrN3O5/c1-5-35-26-15-20(14-24(29)27(26)34-4)16-30-31-28(33)25-13-12-23(37-25)17-36-22-10-8-21(9-11-22)32-18(2)6-7-19(32)3/h6-16H,5,17H2,1-4H3,(H,31,33)/b30-16+. The number of methoxy groups -OCH3 is 1. The van der Waals surface area contributed by atoms with Crippen LogP contribution < -0.4 is 19.6 Å². The van der Waals surface area contributed by atoms with Gasteiger partial charge in [0.05, 0.1) is 24.4 Å². The second kappa shape index (κ2) is 11.8. The predicted molar refractivity (Wildman–Crippen MR) is 145 cm³/mol. The summed E-state index contributed by atoms with van der Waals surface area (Å²) >= 11 is 3.46. The van der Waals surface area contributed by atoms with Gasteiger partial charge in [0, 0.05) is 17.1 Å². The Labute approximate surface area is 224 Å². The third-order valence-corrected chi connectivity index (χ3v) is 6.14. The van der Waals surface area contributed by atoms with Crippen LogP contribution in [-0.2, 0) is 6.61 Å². The summed E-state index contributed by atoms with van der Waals surface area (Å²) in [7, 11) is 1.57. The van der Waals surface area contributed by atoms with Crippen molar-refractivity contribution < 1.29 is 23.4 Å². The first-order valence-corrected chi connectivity index (χ1v) is 12.5. The maximum atomic E-state index is 12.4. The molecule has 1 amide bonds. The molecule has 2 aromatic heterocycles. The summed E-state index contributed by atoms with van der Waals surface area (Å²) in [5.41, 5.74) is 6.60. The number of nitrogens with zero attached hydrogens (tertiary/aromatic N) is 2. The fraction of sp³-hybridized carbons (Fsp3) is 0.214. The average Bonchev–Trinajstić information content (AvgIpc) is 3.49. The number of furan rings is 1. The highest BCUT2D eigenvalue weighted by atomic mass is 79.9. The van der Waals surface area contributed by atoms with Crippen molar-refractivity contribution in [3.8, 4) is 22.9 Å². The van der Waals surface area contributed by atoms with Gasteiger partial charge >= 0.3 is 5.91 Å². The molecule has 4 aromatic rings. The molecule has 1 N–H and O–H groups in total. The summed E-state index contributed by atoms with van der Waals surface area (Å²) in [6.45, 7) is 6.72. The maximum absolute atomic E-state index is 12.4. The van der Waals surface area contributed by atoms with Gasteiger partial charge in [0.1, 0.15) is 18.1 Å². The van der Waals surface area contributed by atoms with Crippen LogP contribution in [0, 0.1) is 13.8 Å². The van der Waals surface area contributed by atoms with E-state index in [0.29, 0.717) is 34.1 Å². The molecule has 37 heavy (non-hydrogen) atoms. The number of hydrazone groups is 1. The lowest BCUT2D eigenvalue weighted by Crippen LogP contribution is -2.16. The molecule has 8 nitrogen and oxygen atoms in total. The van der Waals surface area contributed by atoms with E-state index in [1.165, 1.54) is 17.6 Å². The van der Waals surface area contributed by atoms with Crippen molar-refractivity contribution >= 4 is 28.1 Å². The molecule has 0 aliphatic heterocycles. The van der Waals surface area contributed by atoms with E-state index in [-0.39, 0.29) is 12.4 Å². The van der Waals surface area contributed by atoms with Crippen LogP contribution in [0.15, 0.2) is 74.7 Å². The Morgan fingerprint density at radius 1 is 1.05 bits per heavy atom. The van der Waals surface area contributed by atoms with E-state index in [1.807, 2.05) is 37.3 Å². The lowest BCUT2D eigenvalue weighted by molar-refractivity contribution is 0.0923. The topological polar surface area (TPSA) is 87.2 Å². The Morgan fingerprint density at radius 2 is 1.78 bits per heavy atom. The van der Waals surface area contributed by atoms with Gasteiger partial charge in [-0.25, -0.2) is 5.43 Å². The number of halogens is 1. The molecule has 0 atom stereocenters. The monoisotopic (exact) mass is 565 g/mol. The maximum Gasteiger partial charge on any atom is 0.307 e. The van der Waals surface area contributed by atoms with Crippen molar-refractivity contribution in [2.75, 3.05) is 13.7 Å². The van der Waals surface area contributed by atoms with Crippen molar-refractivity contribution in [3.05, 3.63) is 93.6 Å². The highest BCUT2D eigenvalue weighted by molar-refractivity contribution is 9.10. The summed E-state index contributed by atoms with van der Waals surface area (Å²) in [5.74, 6) is 2.06. The Hall–Kier alpha value is -3.98. The van der Waals surface area contributed by atoms with Crippen molar-refractivity contribution in [1.82, 2.24) is 9.99 Å². The summed E-state index contributed by atoms with van der Waals surface area (Å²) in [6, 6.07) is 18.9. The second-order valence-electron chi connectivity index (χ2n) is 8.17. The normalized spacial score (nSPS) is 11.1. The number of ether oxygens (including phenoxy) is 3. The average molecular weight is 566 g/mol. The van der Waals surface area contributed by atoms with Gasteiger partial charge in [-0.05, 0) is 103 Å². The SMILES string of the molecule is CCOc1cc(/C=N/NC(=O)c2ccc(COc3ccc(-n4c(C)ccc4C)cc3)o2)cc(Br)c1OC. The van der Waals surface area contributed by atoms with Crippen LogP contribution in [0.25, 0.3) is 5.69 Å². The largest absolute Gasteiger partial charge is 0.492 e. The molecule has 2 heterocycles. The first kappa shape index (κ1) is 26.1. The van der Waals surface area contributed by atoms with Crippen molar-refractivity contribution in [3.63, 3.8) is 0 Å². The van der Waals surface area contributed by atoms with Crippen LogP contribution in [0.1, 0.15) is 40.2 Å². The van der Waals surface area contributed by atoms with Gasteiger partial charge in [0.2, 0.25) is 0 Å². The van der Waals surface area contributed by atoms with Gasteiger partial charge < -0.3 is 23.2 Å². The Kier molecular flexibility index (Phi) is 8.35. The van der Waals surface area contributed by atoms with Crippen LogP contribution in [0.3, 0.4) is 0 Å². The van der Waals surface area contributed by atoms with Gasteiger partial charge in [0.15, 0.2) is 17.3 Å². The fourth-order valence-electron chi connectivity index (χ4n) is 3.84. The minimum atomic E-state index is -0.470. The van der Waals surface area contributed by atoms with Crippen molar-refractivity contribution in [2.45, 2.75) is 27.4 Å². The zero-order valence-electron chi connectivity index (χ0n) is 21.1. The minimum absolute atomic E-state index is 0.135. The van der Waals surface area contributed by atoms with E-state index in [9.17, 15) is 4.79 Å². The van der Waals surface area contributed by atoms with Gasteiger partial charge in [-0.3, -0.25) is 4.79 Å². The number of hydrogen-bond acceptors (Lipinski definition) is 6. The molecule has 4 rings (SSSR count). The molecule has 0 unspecified atom stereocenters. The highest BCUT2D eigenvalue weighted by Gasteiger charge is 2.13. The molecule has 0 bridgehead atoms. The molecular formula is C28H28BrN3O5. The van der Waals surface area contributed by atoms with Crippen molar-refractivity contribution in [2.24, 2.45) is 5.10 Å². The molecule has 0 spiro atoms. The summed E-state index contributed by atoms with van der Waals surface area (Å²) in [6.07, 6.45) is 1.51. The number of nitrogens with one attached hydrogen (secondary N) is 1. The number of carbonyl (C=O) groups is 1. The van der Waals surface area contributed by atoms with Gasteiger partial charge in [-0.1, -0.05) is 0 Å². The third kappa shape index (κ3) is 6.24. The smallest absolute Gasteiger partial charge is 0.307 e. The zero-order chi connectivity index (χ0) is 26.4. The number of aromatic nitrogens is 1. The van der Waals surface area contributed by atoms with Gasteiger partial charge in [-0.2, -0.15) is 5.10 Å². The van der Waals surface area contributed by atoms with Crippen LogP contribution in [-0.4, -0.2) is 30.4 Å². The molecule has 0 fully saturated rings. The number of carbonyl (C=O) groups excluding carboxylic acids is 1. The molecular weight excluding hydrogens is 538 g/mol. The zero-order valence-corrected chi connectivity index (χ0v) is 22.7. The Morgan fingerprint density at radius 3 is 2.46 bits per heavy atom. The number of amides is 1. The van der Waals surface area contributed by atoms with E-state index in [0.717, 1.165) is 11.3 Å². The third-order valence-electron chi connectivity index (χ3n) is 5.55. The molecule has 2 aromatic carbocycles. The van der Waals surface area contributed by atoms with Crippen LogP contribution >= 0.6 is 15.9 Å². The molecule has 0 saturated heterocycles. The number of aryl methyl sites for hydroxylation is 2. The quantitative estimate of drug-likeness (QED) is 0.183. The Bertz CT molecular complexity index is 1390. The first-order valence-electron chi connectivity index (χ1n) is 11.7. The molecule has 0 aliphatic rings. The van der Waals surface area contributed by atoms with Crippen molar-refractivity contribution in [1.29, 1.82) is 0 Å². The molecule has 0 radical (unpaired) electrons. The fourth-order valence-corrected chi connectivity index (χ4v) is 4.46. The highest BCUT2D eigenvalue weighted by Crippen LogP contribution is 2.36. The van der Waals surface area contributed by atoms with Gasteiger partial charge in [-0.15, -0.1) is 0 Å². The number of hydrogen-bond donors (Lipinski definition) is 1. The Balaban J connectivity index is 1.33. The van der Waals surface area contributed by atoms with E-state index >= 15 is 0 Å². The number of benzene rings is 2. The minimum Gasteiger partial charge on any atom is -0.492 e. The molecule has 192 valence electrons. The number of rotatable bonds is 10. The van der Waals surface area contributed by atoms with E-state index in [2.05, 4.69) is 57.0 Å². The molecule has 9 heteroatoms. The summed E-state index contributed by atoms with van der Waals surface area (Å²) in [5, 5.41) is 4.03. The molecule has 0 saturated carbocycles. The van der Waals surface area contributed by atoms with Crippen LogP contribution in [0.2, 0.25) is 0 Å². The first-order chi connectivity index (χ1) is 17.9. The van der Waals surface area contributed by atoms with Gasteiger partial charge in [0.25, 0.3) is 0 Å². The molecule has 0 aliphatic carbocycles. The van der Waals surface area contributed by atoms with E-state index in [4.69, 9.17) is 18.6 Å². The second-order valence-corrected chi connectivity index (χ2v) is 9.02. The lowest BCUT2D eigenvalue weighted by atomic mass is 10.2. The predicted octanol–water partition coefficient (Wildman–Crippen LogP) is 6.20. The van der Waals surface area contributed by atoms with E-state index in [1.54, 1.807) is 25.3 Å².